The number of fused-ring (bicyclic) bond motifs is 1. The lowest BCUT2D eigenvalue weighted by Crippen LogP contribution is -2.42. The lowest BCUT2D eigenvalue weighted by atomic mass is 9.86. The van der Waals surface area contributed by atoms with E-state index in [1.807, 2.05) is 24.3 Å². The highest BCUT2D eigenvalue weighted by Gasteiger charge is 2.45. The lowest BCUT2D eigenvalue weighted by Gasteiger charge is -2.30. The van der Waals surface area contributed by atoms with Crippen LogP contribution in [0, 0.1) is 5.92 Å². The lowest BCUT2D eigenvalue weighted by molar-refractivity contribution is -0.125. The molecule has 1 saturated heterocycles. The predicted octanol–water partition coefficient (Wildman–Crippen LogP) is 3.06. The summed E-state index contributed by atoms with van der Waals surface area (Å²) in [6.45, 7) is 6.79. The molecule has 1 N–H and O–H groups in total. The Labute approximate surface area is 207 Å². The van der Waals surface area contributed by atoms with Crippen LogP contribution in [0.25, 0.3) is 0 Å². The van der Waals surface area contributed by atoms with Crippen molar-refractivity contribution in [2.45, 2.75) is 50.5 Å². The Balaban J connectivity index is 1.51. The molecular formula is C26H33N3O5S. The largest absolute Gasteiger partial charge is 0.497 e. The zero-order valence-corrected chi connectivity index (χ0v) is 21.5. The van der Waals surface area contributed by atoms with E-state index < -0.39 is 15.4 Å². The van der Waals surface area contributed by atoms with Gasteiger partial charge in [0.15, 0.2) is 0 Å². The molecule has 2 amide bonds. The second kappa shape index (κ2) is 9.62. The summed E-state index contributed by atoms with van der Waals surface area (Å²) < 4.78 is 33.3. The number of rotatable bonds is 7. The number of carbonyl (C=O) groups excluding carboxylic acids is 2. The third-order valence-electron chi connectivity index (χ3n) is 6.92. The standard InChI is InChI=1S/C26H33N3O5S/c1-18-6-5-13-28(16-18)35(32,33)21-11-12-23-22(14-21)26(2,3)25(31)29(23)17-24(30)27-15-19-7-9-20(34-4)10-8-19/h7-12,14,18H,5-6,13,15-17H2,1-4H3,(H,27,30)/t18-/m1/s1. The Morgan fingerprint density at radius 3 is 2.54 bits per heavy atom. The number of nitrogens with one attached hydrogen (secondary N) is 1. The first-order valence-electron chi connectivity index (χ1n) is 11.9. The topological polar surface area (TPSA) is 96.0 Å². The summed E-state index contributed by atoms with van der Waals surface area (Å²) in [6.07, 6.45) is 1.86. The molecule has 2 aromatic rings. The number of nitrogens with zero attached hydrogens (tertiary/aromatic N) is 2. The number of hydrogen-bond acceptors (Lipinski definition) is 5. The summed E-state index contributed by atoms with van der Waals surface area (Å²) in [7, 11) is -2.06. The highest BCUT2D eigenvalue weighted by atomic mass is 32.2. The molecule has 0 aliphatic carbocycles. The SMILES string of the molecule is COc1ccc(CNC(=O)CN2C(=O)C(C)(C)c3cc(S(=O)(=O)N4CCC[C@@H](C)C4)ccc32)cc1. The number of sulfonamides is 1. The molecule has 4 rings (SSSR count). The third kappa shape index (κ3) is 4.92. The Morgan fingerprint density at radius 2 is 1.89 bits per heavy atom. The van der Waals surface area contributed by atoms with Gasteiger partial charge in [0.05, 0.1) is 17.4 Å². The summed E-state index contributed by atoms with van der Waals surface area (Å²) in [5.74, 6) is 0.528. The number of anilines is 1. The van der Waals surface area contributed by atoms with E-state index >= 15 is 0 Å². The van der Waals surface area contributed by atoms with E-state index in [1.54, 1.807) is 39.2 Å². The molecular weight excluding hydrogens is 466 g/mol. The molecule has 0 aromatic heterocycles. The molecule has 1 fully saturated rings. The first-order valence-corrected chi connectivity index (χ1v) is 13.3. The molecule has 1 atom stereocenters. The van der Waals surface area contributed by atoms with Crippen molar-refractivity contribution in [3.8, 4) is 5.75 Å². The molecule has 0 unspecified atom stereocenters. The maximum absolute atomic E-state index is 13.3. The molecule has 2 aromatic carbocycles. The van der Waals surface area contributed by atoms with E-state index in [2.05, 4.69) is 12.2 Å². The van der Waals surface area contributed by atoms with Crippen LogP contribution >= 0.6 is 0 Å². The molecule has 2 aliphatic heterocycles. The molecule has 188 valence electrons. The number of carbonyl (C=O) groups is 2. The smallest absolute Gasteiger partial charge is 0.243 e. The zero-order chi connectivity index (χ0) is 25.4. The van der Waals surface area contributed by atoms with Gasteiger partial charge in [0.25, 0.3) is 0 Å². The summed E-state index contributed by atoms with van der Waals surface area (Å²) >= 11 is 0. The van der Waals surface area contributed by atoms with Crippen molar-refractivity contribution in [3.05, 3.63) is 53.6 Å². The number of hydrogen-bond donors (Lipinski definition) is 1. The van der Waals surface area contributed by atoms with E-state index in [-0.39, 0.29) is 23.3 Å². The van der Waals surface area contributed by atoms with E-state index in [0.29, 0.717) is 36.8 Å². The van der Waals surface area contributed by atoms with Crippen molar-refractivity contribution in [1.82, 2.24) is 9.62 Å². The van der Waals surface area contributed by atoms with Gasteiger partial charge >= 0.3 is 0 Å². The van der Waals surface area contributed by atoms with Gasteiger partial charge < -0.3 is 15.0 Å². The van der Waals surface area contributed by atoms with Crippen LogP contribution < -0.4 is 15.0 Å². The van der Waals surface area contributed by atoms with Crippen molar-refractivity contribution in [1.29, 1.82) is 0 Å². The van der Waals surface area contributed by atoms with Gasteiger partial charge in [0.2, 0.25) is 21.8 Å². The Kier molecular flexibility index (Phi) is 6.92. The molecule has 8 nitrogen and oxygen atoms in total. The van der Waals surface area contributed by atoms with Crippen molar-refractivity contribution < 1.29 is 22.7 Å². The van der Waals surface area contributed by atoms with Gasteiger partial charge in [-0.3, -0.25) is 9.59 Å². The van der Waals surface area contributed by atoms with Gasteiger partial charge in [-0.05, 0) is 74.1 Å². The zero-order valence-electron chi connectivity index (χ0n) is 20.7. The van der Waals surface area contributed by atoms with Crippen LogP contribution in [0.5, 0.6) is 5.75 Å². The maximum Gasteiger partial charge on any atom is 0.243 e. The molecule has 35 heavy (non-hydrogen) atoms. The van der Waals surface area contributed by atoms with Gasteiger partial charge in [-0.1, -0.05) is 19.1 Å². The minimum absolute atomic E-state index is 0.138. The minimum atomic E-state index is -3.65. The third-order valence-corrected chi connectivity index (χ3v) is 8.78. The molecule has 0 bridgehead atoms. The first-order chi connectivity index (χ1) is 16.5. The van der Waals surface area contributed by atoms with Crippen molar-refractivity contribution in [2.75, 3.05) is 31.6 Å². The van der Waals surface area contributed by atoms with Gasteiger partial charge in [0, 0.05) is 25.3 Å². The van der Waals surface area contributed by atoms with E-state index in [4.69, 9.17) is 4.74 Å². The average Bonchev–Trinajstić information content (AvgIpc) is 3.03. The predicted molar refractivity (Wildman–Crippen MR) is 134 cm³/mol. The van der Waals surface area contributed by atoms with Crippen LogP contribution in [-0.2, 0) is 31.6 Å². The van der Waals surface area contributed by atoms with Crippen LogP contribution in [0.15, 0.2) is 47.4 Å². The summed E-state index contributed by atoms with van der Waals surface area (Å²) in [5, 5.41) is 2.85. The fourth-order valence-electron chi connectivity index (χ4n) is 4.79. The summed E-state index contributed by atoms with van der Waals surface area (Å²) in [5.41, 5.74) is 1.17. The first kappa shape index (κ1) is 25.2. The summed E-state index contributed by atoms with van der Waals surface area (Å²) in [6, 6.07) is 12.2. The maximum atomic E-state index is 13.3. The van der Waals surface area contributed by atoms with Crippen LogP contribution in [-0.4, -0.2) is 51.3 Å². The Hall–Kier alpha value is -2.91. The van der Waals surface area contributed by atoms with Crippen molar-refractivity contribution in [3.63, 3.8) is 0 Å². The highest BCUT2D eigenvalue weighted by Crippen LogP contribution is 2.43. The molecule has 2 heterocycles. The van der Waals surface area contributed by atoms with Gasteiger partial charge in [0.1, 0.15) is 12.3 Å². The normalized spacial score (nSPS) is 19.9. The monoisotopic (exact) mass is 499 g/mol. The fourth-order valence-corrected chi connectivity index (χ4v) is 6.41. The molecule has 9 heteroatoms. The van der Waals surface area contributed by atoms with Gasteiger partial charge in [-0.2, -0.15) is 4.31 Å². The average molecular weight is 500 g/mol. The summed E-state index contributed by atoms with van der Waals surface area (Å²) in [4.78, 5) is 27.6. The van der Waals surface area contributed by atoms with Crippen molar-refractivity contribution in [2.24, 2.45) is 5.92 Å². The minimum Gasteiger partial charge on any atom is -0.497 e. The molecule has 0 saturated carbocycles. The second-order valence-corrected chi connectivity index (χ2v) is 11.9. The number of ether oxygens (including phenoxy) is 1. The Bertz CT molecular complexity index is 1220. The number of methoxy groups -OCH3 is 1. The van der Waals surface area contributed by atoms with Crippen LogP contribution in [0.4, 0.5) is 5.69 Å². The highest BCUT2D eigenvalue weighted by molar-refractivity contribution is 7.89. The molecule has 0 spiro atoms. The number of benzene rings is 2. The Morgan fingerprint density at radius 1 is 1.17 bits per heavy atom. The second-order valence-electron chi connectivity index (χ2n) is 9.93. The van der Waals surface area contributed by atoms with Crippen LogP contribution in [0.1, 0.15) is 44.7 Å². The van der Waals surface area contributed by atoms with Gasteiger partial charge in [-0.25, -0.2) is 8.42 Å². The fraction of sp³-hybridized carbons (Fsp3) is 0.462. The number of piperidine rings is 1. The van der Waals surface area contributed by atoms with E-state index in [9.17, 15) is 18.0 Å². The van der Waals surface area contributed by atoms with E-state index in [1.165, 1.54) is 9.21 Å². The van der Waals surface area contributed by atoms with E-state index in [0.717, 1.165) is 24.2 Å². The van der Waals surface area contributed by atoms with Crippen LogP contribution in [0.3, 0.4) is 0 Å². The quantitative estimate of drug-likeness (QED) is 0.632. The molecule has 2 aliphatic rings. The molecule has 0 radical (unpaired) electrons. The van der Waals surface area contributed by atoms with Gasteiger partial charge in [-0.15, -0.1) is 0 Å². The van der Waals surface area contributed by atoms with Crippen LogP contribution in [0.2, 0.25) is 0 Å². The van der Waals surface area contributed by atoms with Crippen molar-refractivity contribution >= 4 is 27.5 Å². The number of amides is 2.